The lowest BCUT2D eigenvalue weighted by atomic mass is 9.82. The Balaban J connectivity index is 1.96. The number of nitrogens with two attached hydrogens (primary N) is 1. The molecule has 13 N–H and O–H groups in total. The van der Waals surface area contributed by atoms with Crippen LogP contribution in [0.5, 0.6) is 0 Å². The number of hydrogen-bond acceptors (Lipinski definition) is 20. The van der Waals surface area contributed by atoms with Crippen molar-refractivity contribution in [3.8, 4) is 0 Å². The van der Waals surface area contributed by atoms with E-state index in [1.54, 1.807) is 79.8 Å². The molecule has 0 aromatic heterocycles. The molecule has 1 amide bonds. The number of thioether (sulfide) groups is 1. The summed E-state index contributed by atoms with van der Waals surface area (Å²) in [6.07, 6.45) is 6.48. The van der Waals surface area contributed by atoms with Crippen LogP contribution >= 0.6 is 11.8 Å². The molecule has 0 aromatic rings. The zero-order valence-corrected chi connectivity index (χ0v) is 42.4. The zero-order valence-electron chi connectivity index (χ0n) is 41.6. The average Bonchev–Trinajstić information content (AvgIpc) is 3.30. The van der Waals surface area contributed by atoms with Crippen LogP contribution in [0.1, 0.15) is 78.1 Å². The third-order valence-electron chi connectivity index (χ3n) is 12.5. The van der Waals surface area contributed by atoms with Crippen molar-refractivity contribution in [1.29, 1.82) is 0 Å². The quantitative estimate of drug-likeness (QED) is 0.146. The summed E-state index contributed by atoms with van der Waals surface area (Å²) in [5.74, 6) is -5.92. The molecule has 3 aliphatic heterocycles. The Morgan fingerprint density at radius 3 is 1.99 bits per heavy atom. The van der Waals surface area contributed by atoms with Crippen molar-refractivity contribution in [3.05, 3.63) is 85.1 Å². The van der Waals surface area contributed by atoms with E-state index in [-0.39, 0.29) is 51.0 Å². The fraction of sp³-hybridized carbons (Fsp3) is 0.667. The van der Waals surface area contributed by atoms with Gasteiger partial charge in [-0.25, -0.2) is 4.79 Å². The lowest BCUT2D eigenvalue weighted by molar-refractivity contribution is -0.304. The van der Waals surface area contributed by atoms with Crippen LogP contribution in [0.3, 0.4) is 0 Å². The number of amides is 1. The molecule has 0 spiro atoms. The number of nitrogens with one attached hydrogen (secondary N) is 1. The Bertz CT molecular complexity index is 1850. The molecule has 408 valence electrons. The topological polar surface area (TPSA) is 338 Å². The molecular weight excluding hydrogens is 961 g/mol. The van der Waals surface area contributed by atoms with Crippen molar-refractivity contribution in [2.24, 2.45) is 17.6 Å². The van der Waals surface area contributed by atoms with Gasteiger partial charge in [0.25, 0.3) is 0 Å². The summed E-state index contributed by atoms with van der Waals surface area (Å²) in [5.41, 5.74) is 6.03. The number of methoxy groups -OCH3 is 1. The second kappa shape index (κ2) is 32.6. The highest BCUT2D eigenvalue weighted by atomic mass is 32.2. The van der Waals surface area contributed by atoms with Crippen molar-refractivity contribution in [2.45, 2.75) is 175 Å². The van der Waals surface area contributed by atoms with Crippen molar-refractivity contribution in [1.82, 2.24) is 5.32 Å². The van der Waals surface area contributed by atoms with Gasteiger partial charge < -0.3 is 85.8 Å². The number of carbonyl (C=O) groups is 3. The number of fused-ring (bicyclic) bond motifs is 2. The lowest BCUT2D eigenvalue weighted by Gasteiger charge is -2.46. The molecule has 18 atom stereocenters. The first-order chi connectivity index (χ1) is 34.2. The summed E-state index contributed by atoms with van der Waals surface area (Å²) in [7, 11) is 1.16. The molecule has 2 bridgehead atoms. The van der Waals surface area contributed by atoms with E-state index in [2.05, 4.69) is 5.32 Å². The van der Waals surface area contributed by atoms with Crippen molar-refractivity contribution >= 4 is 29.6 Å². The minimum Gasteiger partial charge on any atom is -0.467 e. The molecule has 21 heteroatoms. The lowest BCUT2D eigenvalue weighted by Crippen LogP contribution is -2.60. The van der Waals surface area contributed by atoms with Gasteiger partial charge >= 0.3 is 11.9 Å². The van der Waals surface area contributed by atoms with Gasteiger partial charge in [-0.3, -0.25) is 9.59 Å². The monoisotopic (exact) mass is 1040 g/mol. The van der Waals surface area contributed by atoms with Crippen molar-refractivity contribution in [3.63, 3.8) is 0 Å². The third-order valence-corrected chi connectivity index (χ3v) is 13.1. The minimum atomic E-state index is -2.35. The SMILES string of the molecule is COC(=O)[C@H](CCSC)NC(=O)C1[C@@H]2CC(O[C@@H]3OC[C@@H](O)[C@H](N)[C@@H]3O)/C=C/C=C/C=C/C=C/C=C/C=C/C=C/[C@H](C)[C@@H](O)C[C@H](C)OC(=O)CC(O)CC(O)CC[C@@H](O)C(O)CC(O)CC(O)(C[C@@H]1O)O2. The average molecular weight is 1040 g/mol. The molecule has 20 nitrogen and oxygen atoms in total. The number of rotatable bonds is 8. The number of allylic oxidation sites excluding steroid dienone is 12. The summed E-state index contributed by atoms with van der Waals surface area (Å²) in [5, 5.41) is 112. The molecule has 3 heterocycles. The fourth-order valence-corrected chi connectivity index (χ4v) is 8.88. The first-order valence-electron chi connectivity index (χ1n) is 24.5. The third kappa shape index (κ3) is 22.5. The van der Waals surface area contributed by atoms with Crippen LogP contribution in [-0.2, 0) is 38.1 Å². The van der Waals surface area contributed by atoms with Gasteiger partial charge in [-0.1, -0.05) is 92.0 Å². The summed E-state index contributed by atoms with van der Waals surface area (Å²) in [6, 6.07) is -2.26. The molecular formula is C51H80N2O18S. The number of carbonyl (C=O) groups excluding carboxylic acids is 3. The molecule has 7 unspecified atom stereocenters. The van der Waals surface area contributed by atoms with Crippen LogP contribution in [0, 0.1) is 11.8 Å². The van der Waals surface area contributed by atoms with Gasteiger partial charge in [0.2, 0.25) is 5.91 Å². The van der Waals surface area contributed by atoms with Gasteiger partial charge in [-0.2, -0.15) is 11.8 Å². The summed E-state index contributed by atoms with van der Waals surface area (Å²) < 4.78 is 28.3. The zero-order chi connectivity index (χ0) is 53.4. The second-order valence-corrected chi connectivity index (χ2v) is 19.7. The maximum Gasteiger partial charge on any atom is 0.328 e. The number of ether oxygens (including phenoxy) is 5. The van der Waals surface area contributed by atoms with Crippen LogP contribution in [0.15, 0.2) is 85.1 Å². The van der Waals surface area contributed by atoms with E-state index in [4.69, 9.17) is 29.4 Å². The maximum absolute atomic E-state index is 14.1. The van der Waals surface area contributed by atoms with Crippen molar-refractivity contribution in [2.75, 3.05) is 25.7 Å². The van der Waals surface area contributed by atoms with Gasteiger partial charge in [0.05, 0.1) is 93.1 Å². The van der Waals surface area contributed by atoms with Gasteiger partial charge in [-0.05, 0) is 44.6 Å². The standard InChI is InChI=1S/C51H80N2O18S/c1-31-17-15-13-11-9-7-5-6-8-10-12-14-16-18-36(70-50-47(63)46(52)42(61)30-68-50)27-43-45(48(64)53-37(21-22-72-4)49(65)67-3)41(60)29-51(66,71-43)28-35(56)25-40(59)38(57)20-19-33(54)24-34(55)26-44(62)69-32(2)23-39(31)58/h5-18,31-43,45-47,50,54-61,63,66H,19-30,52H2,1-4H3,(H,53,64)/b6-5+,9-7+,10-8+,13-11+,14-12+,17-15+,18-16+/t31-,32-,33?,34?,35?,36?,37-,38+,39-,40?,41-,42+,43-,45?,46-,47-,50-,51?/m0/s1. The van der Waals surface area contributed by atoms with Gasteiger partial charge in [0, 0.05) is 38.0 Å². The Morgan fingerprint density at radius 1 is 0.764 bits per heavy atom. The Labute approximate surface area is 426 Å². The molecule has 72 heavy (non-hydrogen) atoms. The highest BCUT2D eigenvalue weighted by molar-refractivity contribution is 7.98. The Hall–Kier alpha value is -3.62. The largest absolute Gasteiger partial charge is 0.467 e. The smallest absolute Gasteiger partial charge is 0.328 e. The molecule has 2 saturated heterocycles. The highest BCUT2D eigenvalue weighted by Crippen LogP contribution is 2.38. The van der Waals surface area contributed by atoms with E-state index in [1.165, 1.54) is 11.8 Å². The fourth-order valence-electron chi connectivity index (χ4n) is 8.41. The molecule has 0 radical (unpaired) electrons. The molecule has 3 rings (SSSR count). The molecule has 3 aliphatic rings. The van der Waals surface area contributed by atoms with Gasteiger partial charge in [0.1, 0.15) is 18.2 Å². The van der Waals surface area contributed by atoms with E-state index in [9.17, 15) is 65.4 Å². The number of aliphatic hydroxyl groups is 10. The summed E-state index contributed by atoms with van der Waals surface area (Å²) in [6.45, 7) is 3.16. The summed E-state index contributed by atoms with van der Waals surface area (Å²) >= 11 is 1.42. The summed E-state index contributed by atoms with van der Waals surface area (Å²) in [4.78, 5) is 39.4. The maximum atomic E-state index is 14.1. The molecule has 0 saturated carbocycles. The molecule has 0 aliphatic carbocycles. The Morgan fingerprint density at radius 2 is 1.38 bits per heavy atom. The predicted octanol–water partition coefficient (Wildman–Crippen LogP) is 0.404. The van der Waals surface area contributed by atoms with Crippen LogP contribution in [0.2, 0.25) is 0 Å². The van der Waals surface area contributed by atoms with E-state index >= 15 is 0 Å². The number of esters is 2. The van der Waals surface area contributed by atoms with Gasteiger partial charge in [0.15, 0.2) is 12.1 Å². The first-order valence-corrected chi connectivity index (χ1v) is 25.9. The number of cyclic esters (lactones) is 1. The molecule has 0 aromatic carbocycles. The number of hydrogen-bond donors (Lipinski definition) is 12. The van der Waals surface area contributed by atoms with Crippen LogP contribution in [-0.4, -0.2) is 192 Å². The van der Waals surface area contributed by atoms with Gasteiger partial charge in [-0.15, -0.1) is 0 Å². The van der Waals surface area contributed by atoms with Crippen LogP contribution in [0.4, 0.5) is 0 Å². The minimum absolute atomic E-state index is 0.116. The van der Waals surface area contributed by atoms with E-state index in [0.717, 1.165) is 7.11 Å². The predicted molar refractivity (Wildman–Crippen MR) is 267 cm³/mol. The van der Waals surface area contributed by atoms with Crippen LogP contribution in [0.25, 0.3) is 0 Å². The Kier molecular flexibility index (Phi) is 28.4. The van der Waals surface area contributed by atoms with Crippen LogP contribution < -0.4 is 11.1 Å². The normalized spacial score (nSPS) is 40.5. The van der Waals surface area contributed by atoms with E-state index in [0.29, 0.717) is 5.75 Å². The van der Waals surface area contributed by atoms with E-state index in [1.807, 2.05) is 25.3 Å². The second-order valence-electron chi connectivity index (χ2n) is 18.7. The first kappa shape index (κ1) is 62.7. The number of aliphatic hydroxyl groups excluding tert-OH is 9. The van der Waals surface area contributed by atoms with E-state index < -0.39 is 147 Å². The van der Waals surface area contributed by atoms with Crippen molar-refractivity contribution < 1.29 is 89.1 Å². The highest BCUT2D eigenvalue weighted by Gasteiger charge is 2.51. The molecule has 2 fully saturated rings.